The quantitative estimate of drug-likeness (QED) is 0.759. The lowest BCUT2D eigenvalue weighted by atomic mass is 10.2. The molecule has 110 valence electrons. The average Bonchev–Trinajstić information content (AvgIpc) is 2.50. The molecular formula is C15H22N2O3. The molecule has 20 heavy (non-hydrogen) atoms. The van der Waals surface area contributed by atoms with E-state index in [9.17, 15) is 4.79 Å². The summed E-state index contributed by atoms with van der Waals surface area (Å²) in [6.07, 6.45) is 0.813. The number of aldehydes is 1. The molecular weight excluding hydrogens is 256 g/mol. The first-order chi connectivity index (χ1) is 9.83. The van der Waals surface area contributed by atoms with Crippen molar-refractivity contribution in [1.82, 2.24) is 10.2 Å². The molecule has 5 nitrogen and oxygen atoms in total. The zero-order chi connectivity index (χ0) is 14.2. The molecule has 5 heteroatoms. The predicted octanol–water partition coefficient (Wildman–Crippen LogP) is 1.18. The fourth-order valence-electron chi connectivity index (χ4n) is 2.20. The van der Waals surface area contributed by atoms with Crippen LogP contribution in [0, 0.1) is 0 Å². The maximum absolute atomic E-state index is 10.8. The second-order valence-corrected chi connectivity index (χ2v) is 4.70. The second kappa shape index (κ2) is 7.87. The van der Waals surface area contributed by atoms with Gasteiger partial charge >= 0.3 is 0 Å². The zero-order valence-electron chi connectivity index (χ0n) is 11.9. The lowest BCUT2D eigenvalue weighted by Gasteiger charge is -2.27. The van der Waals surface area contributed by atoms with E-state index < -0.39 is 0 Å². The molecule has 2 rings (SSSR count). The van der Waals surface area contributed by atoms with Crippen LogP contribution in [0.2, 0.25) is 0 Å². The van der Waals surface area contributed by atoms with Gasteiger partial charge in [-0.2, -0.15) is 0 Å². The Balaban J connectivity index is 1.88. The van der Waals surface area contributed by atoms with Crippen molar-refractivity contribution in [2.24, 2.45) is 0 Å². The molecule has 0 amide bonds. The average molecular weight is 278 g/mol. The molecule has 0 unspecified atom stereocenters. The second-order valence-electron chi connectivity index (χ2n) is 4.70. The minimum absolute atomic E-state index is 0.552. The van der Waals surface area contributed by atoms with Crippen molar-refractivity contribution >= 4 is 6.29 Å². The van der Waals surface area contributed by atoms with Gasteiger partial charge in [0.15, 0.2) is 11.5 Å². The standard InChI is InChI=1S/C15H22N2O3/c1-2-19-15-11-13(12-18)3-4-14(15)20-10-9-17-7-5-16-6-8-17/h3-4,11-12,16H,2,5-10H2,1H3. The summed E-state index contributed by atoms with van der Waals surface area (Å²) in [7, 11) is 0. The monoisotopic (exact) mass is 278 g/mol. The Morgan fingerprint density at radius 2 is 2.05 bits per heavy atom. The Labute approximate surface area is 119 Å². The van der Waals surface area contributed by atoms with E-state index in [0.717, 1.165) is 39.0 Å². The van der Waals surface area contributed by atoms with Gasteiger partial charge in [0.25, 0.3) is 0 Å². The fraction of sp³-hybridized carbons (Fsp3) is 0.533. The Bertz CT molecular complexity index is 431. The topological polar surface area (TPSA) is 50.8 Å². The number of rotatable bonds is 7. The number of carbonyl (C=O) groups excluding carboxylic acids is 1. The van der Waals surface area contributed by atoms with E-state index in [0.29, 0.717) is 30.3 Å². The molecule has 0 aromatic heterocycles. The molecule has 0 spiro atoms. The first-order valence-corrected chi connectivity index (χ1v) is 7.11. The first kappa shape index (κ1) is 14.8. The maximum Gasteiger partial charge on any atom is 0.161 e. The molecule has 0 saturated carbocycles. The highest BCUT2D eigenvalue weighted by molar-refractivity contribution is 5.76. The number of hydrogen-bond acceptors (Lipinski definition) is 5. The maximum atomic E-state index is 10.8. The summed E-state index contributed by atoms with van der Waals surface area (Å²) >= 11 is 0. The molecule has 0 bridgehead atoms. The summed E-state index contributed by atoms with van der Waals surface area (Å²) in [5.74, 6) is 1.34. The lowest BCUT2D eigenvalue weighted by Crippen LogP contribution is -2.44. The van der Waals surface area contributed by atoms with Gasteiger partial charge < -0.3 is 14.8 Å². The van der Waals surface area contributed by atoms with Crippen LogP contribution in [0.4, 0.5) is 0 Å². The molecule has 1 aliphatic rings. The third kappa shape index (κ3) is 4.21. The number of piperazine rings is 1. The fourth-order valence-corrected chi connectivity index (χ4v) is 2.20. The first-order valence-electron chi connectivity index (χ1n) is 7.11. The Kier molecular flexibility index (Phi) is 5.83. The summed E-state index contributed by atoms with van der Waals surface area (Å²) in [6.45, 7) is 8.20. The SMILES string of the molecule is CCOc1cc(C=O)ccc1OCCN1CCNCC1. The van der Waals surface area contributed by atoms with Crippen LogP contribution in [0.5, 0.6) is 11.5 Å². The number of ether oxygens (including phenoxy) is 2. The van der Waals surface area contributed by atoms with Gasteiger partial charge in [0.05, 0.1) is 6.61 Å². The summed E-state index contributed by atoms with van der Waals surface area (Å²) < 4.78 is 11.3. The highest BCUT2D eigenvalue weighted by atomic mass is 16.5. The van der Waals surface area contributed by atoms with Gasteiger partial charge in [0.2, 0.25) is 0 Å². The normalized spacial score (nSPS) is 15.8. The van der Waals surface area contributed by atoms with Crippen LogP contribution in [0.15, 0.2) is 18.2 Å². The van der Waals surface area contributed by atoms with Gasteiger partial charge in [-0.15, -0.1) is 0 Å². The number of nitrogens with zero attached hydrogens (tertiary/aromatic N) is 1. The molecule has 1 fully saturated rings. The molecule has 0 radical (unpaired) electrons. The van der Waals surface area contributed by atoms with E-state index >= 15 is 0 Å². The van der Waals surface area contributed by atoms with Crippen LogP contribution >= 0.6 is 0 Å². The van der Waals surface area contributed by atoms with Crippen LogP contribution < -0.4 is 14.8 Å². The number of hydrogen-bond donors (Lipinski definition) is 1. The smallest absolute Gasteiger partial charge is 0.161 e. The highest BCUT2D eigenvalue weighted by Crippen LogP contribution is 2.28. The van der Waals surface area contributed by atoms with E-state index in [2.05, 4.69) is 10.2 Å². The Morgan fingerprint density at radius 1 is 1.25 bits per heavy atom. The third-order valence-electron chi connectivity index (χ3n) is 3.28. The minimum Gasteiger partial charge on any atom is -0.490 e. The molecule has 1 saturated heterocycles. The number of nitrogens with one attached hydrogen (secondary N) is 1. The van der Waals surface area contributed by atoms with Crippen molar-refractivity contribution in [2.75, 3.05) is 45.9 Å². The Hall–Kier alpha value is -1.59. The van der Waals surface area contributed by atoms with Crippen LogP contribution in [0.1, 0.15) is 17.3 Å². The van der Waals surface area contributed by atoms with Gasteiger partial charge in [0, 0.05) is 38.3 Å². The minimum atomic E-state index is 0.552. The predicted molar refractivity (Wildman–Crippen MR) is 77.8 cm³/mol. The van der Waals surface area contributed by atoms with Gasteiger partial charge in [-0.3, -0.25) is 9.69 Å². The van der Waals surface area contributed by atoms with Crippen LogP contribution in [-0.4, -0.2) is 57.1 Å². The van der Waals surface area contributed by atoms with E-state index in [1.807, 2.05) is 6.92 Å². The molecule has 1 heterocycles. The van der Waals surface area contributed by atoms with Gasteiger partial charge in [-0.1, -0.05) is 0 Å². The Morgan fingerprint density at radius 3 is 2.75 bits per heavy atom. The lowest BCUT2D eigenvalue weighted by molar-refractivity contribution is 0.112. The molecule has 1 aromatic carbocycles. The molecule has 1 aromatic rings. The van der Waals surface area contributed by atoms with Gasteiger partial charge in [-0.05, 0) is 25.1 Å². The molecule has 0 aliphatic carbocycles. The largest absolute Gasteiger partial charge is 0.490 e. The van der Waals surface area contributed by atoms with Crippen molar-refractivity contribution in [1.29, 1.82) is 0 Å². The van der Waals surface area contributed by atoms with Crippen LogP contribution in [0.3, 0.4) is 0 Å². The zero-order valence-corrected chi connectivity index (χ0v) is 11.9. The summed E-state index contributed by atoms with van der Waals surface area (Å²) in [6, 6.07) is 5.26. The van der Waals surface area contributed by atoms with Crippen molar-refractivity contribution in [3.63, 3.8) is 0 Å². The third-order valence-corrected chi connectivity index (χ3v) is 3.28. The van der Waals surface area contributed by atoms with E-state index in [-0.39, 0.29) is 0 Å². The van der Waals surface area contributed by atoms with E-state index in [4.69, 9.17) is 9.47 Å². The van der Waals surface area contributed by atoms with Gasteiger partial charge in [-0.25, -0.2) is 0 Å². The van der Waals surface area contributed by atoms with Crippen LogP contribution in [0.25, 0.3) is 0 Å². The van der Waals surface area contributed by atoms with Crippen LogP contribution in [-0.2, 0) is 0 Å². The van der Waals surface area contributed by atoms with Crippen molar-refractivity contribution in [3.8, 4) is 11.5 Å². The number of benzene rings is 1. The molecule has 1 aliphatic heterocycles. The summed E-state index contributed by atoms with van der Waals surface area (Å²) in [5.41, 5.74) is 0.600. The molecule has 0 atom stereocenters. The van der Waals surface area contributed by atoms with Crippen molar-refractivity contribution in [3.05, 3.63) is 23.8 Å². The molecule has 1 N–H and O–H groups in total. The van der Waals surface area contributed by atoms with Crippen molar-refractivity contribution < 1.29 is 14.3 Å². The summed E-state index contributed by atoms with van der Waals surface area (Å²) in [4.78, 5) is 13.2. The van der Waals surface area contributed by atoms with Crippen molar-refractivity contribution in [2.45, 2.75) is 6.92 Å². The van der Waals surface area contributed by atoms with Gasteiger partial charge in [0.1, 0.15) is 12.9 Å². The number of carbonyl (C=O) groups is 1. The van der Waals surface area contributed by atoms with E-state index in [1.54, 1.807) is 18.2 Å². The highest BCUT2D eigenvalue weighted by Gasteiger charge is 2.10. The van der Waals surface area contributed by atoms with E-state index in [1.165, 1.54) is 0 Å². The summed E-state index contributed by atoms with van der Waals surface area (Å²) in [5, 5.41) is 3.33.